The summed E-state index contributed by atoms with van der Waals surface area (Å²) >= 11 is 0. The molecule has 24 heavy (non-hydrogen) atoms. The summed E-state index contributed by atoms with van der Waals surface area (Å²) in [5.74, 6) is 0.558. The lowest BCUT2D eigenvalue weighted by Gasteiger charge is -2.29. The number of ketones is 1. The Morgan fingerprint density at radius 3 is 2.83 bits per heavy atom. The van der Waals surface area contributed by atoms with Crippen LogP contribution in [-0.4, -0.2) is 23.2 Å². The third-order valence-corrected chi connectivity index (χ3v) is 4.75. The topological polar surface area (TPSA) is 54.9 Å². The van der Waals surface area contributed by atoms with E-state index in [1.54, 1.807) is 6.26 Å². The minimum Gasteiger partial charge on any atom is -0.446 e. The SMILES string of the molecule is CCCCC1CC(=O)C2=Nc3occc3C(c3ccccc3)C2=N1. The van der Waals surface area contributed by atoms with Crippen LogP contribution >= 0.6 is 0 Å². The number of fused-ring (bicyclic) bond motifs is 2. The molecule has 0 spiro atoms. The van der Waals surface area contributed by atoms with E-state index >= 15 is 0 Å². The molecule has 2 unspecified atom stereocenters. The second-order valence-corrected chi connectivity index (χ2v) is 6.42. The van der Waals surface area contributed by atoms with Gasteiger partial charge in [0.2, 0.25) is 5.88 Å². The number of rotatable bonds is 4. The lowest BCUT2D eigenvalue weighted by Crippen LogP contribution is -2.38. The van der Waals surface area contributed by atoms with Crippen LogP contribution in [0, 0.1) is 0 Å². The molecular formula is C20H20N2O2. The highest BCUT2D eigenvalue weighted by Gasteiger charge is 2.38. The second-order valence-electron chi connectivity index (χ2n) is 6.42. The van der Waals surface area contributed by atoms with Gasteiger partial charge >= 0.3 is 0 Å². The maximum Gasteiger partial charge on any atom is 0.223 e. The summed E-state index contributed by atoms with van der Waals surface area (Å²) in [6.45, 7) is 2.16. The summed E-state index contributed by atoms with van der Waals surface area (Å²) in [4.78, 5) is 22.1. The highest BCUT2D eigenvalue weighted by molar-refractivity contribution is 6.70. The number of aliphatic imine (C=N–C) groups is 2. The van der Waals surface area contributed by atoms with Gasteiger partial charge in [-0.05, 0) is 18.1 Å². The summed E-state index contributed by atoms with van der Waals surface area (Å²) in [7, 11) is 0. The predicted molar refractivity (Wildman–Crippen MR) is 94.5 cm³/mol. The second kappa shape index (κ2) is 6.19. The Labute approximate surface area is 141 Å². The number of unbranched alkanes of at least 4 members (excludes halogenated alkanes) is 1. The van der Waals surface area contributed by atoms with Crippen LogP contribution in [0.1, 0.15) is 49.7 Å². The Bertz CT molecular complexity index is 817. The Morgan fingerprint density at radius 2 is 2.04 bits per heavy atom. The summed E-state index contributed by atoms with van der Waals surface area (Å²) in [5, 5.41) is 0. The molecule has 3 heterocycles. The molecule has 0 saturated carbocycles. The zero-order valence-corrected chi connectivity index (χ0v) is 13.7. The van der Waals surface area contributed by atoms with Crippen LogP contribution in [0.25, 0.3) is 0 Å². The molecular weight excluding hydrogens is 300 g/mol. The van der Waals surface area contributed by atoms with Crippen molar-refractivity contribution in [3.63, 3.8) is 0 Å². The minimum absolute atomic E-state index is 0.0687. The van der Waals surface area contributed by atoms with Gasteiger partial charge in [-0.3, -0.25) is 9.79 Å². The normalized spacial score (nSPS) is 22.5. The van der Waals surface area contributed by atoms with Crippen molar-refractivity contribution in [2.75, 3.05) is 0 Å². The van der Waals surface area contributed by atoms with Gasteiger partial charge < -0.3 is 4.42 Å². The van der Waals surface area contributed by atoms with Gasteiger partial charge in [0, 0.05) is 12.0 Å². The van der Waals surface area contributed by atoms with Gasteiger partial charge in [-0.1, -0.05) is 50.1 Å². The maximum absolute atomic E-state index is 12.7. The van der Waals surface area contributed by atoms with Crippen molar-refractivity contribution in [3.05, 3.63) is 53.8 Å². The van der Waals surface area contributed by atoms with E-state index in [9.17, 15) is 4.79 Å². The summed E-state index contributed by atoms with van der Waals surface area (Å²) in [6.07, 6.45) is 5.26. The average molecular weight is 320 g/mol. The number of benzene rings is 1. The highest BCUT2D eigenvalue weighted by atomic mass is 16.3. The number of Topliss-reactive ketones (excluding diaryl/α,β-unsaturated/α-hetero) is 1. The zero-order valence-electron chi connectivity index (χ0n) is 13.7. The van der Waals surface area contributed by atoms with Crippen LogP contribution in [0.2, 0.25) is 0 Å². The lowest BCUT2D eigenvalue weighted by atomic mass is 9.80. The van der Waals surface area contributed by atoms with Gasteiger partial charge in [0.1, 0.15) is 5.71 Å². The molecule has 0 amide bonds. The van der Waals surface area contributed by atoms with E-state index in [0.29, 0.717) is 18.0 Å². The van der Waals surface area contributed by atoms with Crippen LogP contribution in [0.5, 0.6) is 0 Å². The molecule has 2 aliphatic rings. The Balaban J connectivity index is 1.83. The van der Waals surface area contributed by atoms with E-state index in [2.05, 4.69) is 24.0 Å². The Hall–Kier alpha value is -2.49. The first-order valence-electron chi connectivity index (χ1n) is 8.60. The van der Waals surface area contributed by atoms with E-state index in [4.69, 9.17) is 9.41 Å². The molecule has 0 N–H and O–H groups in total. The molecule has 4 nitrogen and oxygen atoms in total. The van der Waals surface area contributed by atoms with E-state index in [0.717, 1.165) is 36.1 Å². The molecule has 2 aliphatic heterocycles. The van der Waals surface area contributed by atoms with Crippen molar-refractivity contribution < 1.29 is 9.21 Å². The maximum atomic E-state index is 12.7. The first-order valence-corrected chi connectivity index (χ1v) is 8.60. The van der Waals surface area contributed by atoms with Gasteiger partial charge in [0.15, 0.2) is 5.78 Å². The molecule has 0 radical (unpaired) electrons. The van der Waals surface area contributed by atoms with Crippen molar-refractivity contribution in [1.29, 1.82) is 0 Å². The fourth-order valence-electron chi connectivity index (χ4n) is 3.55. The van der Waals surface area contributed by atoms with E-state index in [1.807, 2.05) is 24.3 Å². The molecule has 4 rings (SSSR count). The van der Waals surface area contributed by atoms with Crippen molar-refractivity contribution >= 4 is 23.1 Å². The molecule has 0 fully saturated rings. The van der Waals surface area contributed by atoms with E-state index < -0.39 is 0 Å². The summed E-state index contributed by atoms with van der Waals surface area (Å²) in [5.41, 5.74) is 3.41. The smallest absolute Gasteiger partial charge is 0.223 e. The molecule has 1 aromatic heterocycles. The first-order chi connectivity index (χ1) is 11.8. The summed E-state index contributed by atoms with van der Waals surface area (Å²) in [6, 6.07) is 12.2. The number of hydrogen-bond acceptors (Lipinski definition) is 4. The number of furan rings is 1. The Kier molecular flexibility index (Phi) is 3.89. The first kappa shape index (κ1) is 15.1. The number of nitrogens with zero attached hydrogens (tertiary/aromatic N) is 2. The molecule has 4 heteroatoms. The highest BCUT2D eigenvalue weighted by Crippen LogP contribution is 2.40. The van der Waals surface area contributed by atoms with Gasteiger partial charge in [0.05, 0.1) is 23.9 Å². The van der Waals surface area contributed by atoms with E-state index in [-0.39, 0.29) is 17.7 Å². The zero-order chi connectivity index (χ0) is 16.5. The van der Waals surface area contributed by atoms with Gasteiger partial charge in [-0.15, -0.1) is 0 Å². The van der Waals surface area contributed by atoms with Crippen molar-refractivity contribution in [3.8, 4) is 0 Å². The third-order valence-electron chi connectivity index (χ3n) is 4.75. The minimum atomic E-state index is -0.0687. The van der Waals surface area contributed by atoms with Crippen LogP contribution in [0.3, 0.4) is 0 Å². The van der Waals surface area contributed by atoms with E-state index in [1.165, 1.54) is 0 Å². The van der Waals surface area contributed by atoms with Crippen LogP contribution in [0.4, 0.5) is 5.88 Å². The van der Waals surface area contributed by atoms with Gasteiger partial charge in [-0.25, -0.2) is 4.99 Å². The molecule has 0 aliphatic carbocycles. The Morgan fingerprint density at radius 1 is 1.21 bits per heavy atom. The molecule has 1 aromatic carbocycles. The van der Waals surface area contributed by atoms with Crippen LogP contribution in [-0.2, 0) is 4.79 Å². The number of carbonyl (C=O) groups excluding carboxylic acids is 1. The molecule has 2 aromatic rings. The lowest BCUT2D eigenvalue weighted by molar-refractivity contribution is -0.113. The summed E-state index contributed by atoms with van der Waals surface area (Å²) < 4.78 is 5.50. The quantitative estimate of drug-likeness (QED) is 0.834. The standard InChI is InChI=1S/C20H20N2O2/c1-2-3-9-14-12-16(23)18-19(21-14)17(13-7-5-4-6-8-13)15-10-11-24-20(15)22-18/h4-8,10-11,14,17H,2-3,9,12H2,1H3. The third kappa shape index (κ3) is 2.52. The molecule has 0 saturated heterocycles. The number of hydrogen-bond donors (Lipinski definition) is 0. The molecule has 122 valence electrons. The predicted octanol–water partition coefficient (Wildman–Crippen LogP) is 4.47. The fraction of sp³-hybridized carbons (Fsp3) is 0.350. The van der Waals surface area contributed by atoms with Gasteiger partial charge in [-0.2, -0.15) is 0 Å². The fourth-order valence-corrected chi connectivity index (χ4v) is 3.55. The van der Waals surface area contributed by atoms with Crippen LogP contribution in [0.15, 0.2) is 57.1 Å². The largest absolute Gasteiger partial charge is 0.446 e. The molecule has 0 bridgehead atoms. The number of carbonyl (C=O) groups is 1. The van der Waals surface area contributed by atoms with Crippen molar-refractivity contribution in [2.45, 2.75) is 44.6 Å². The van der Waals surface area contributed by atoms with Gasteiger partial charge in [0.25, 0.3) is 0 Å². The van der Waals surface area contributed by atoms with Crippen LogP contribution < -0.4 is 0 Å². The average Bonchev–Trinajstić information content (AvgIpc) is 3.07. The van der Waals surface area contributed by atoms with Crippen molar-refractivity contribution in [1.82, 2.24) is 0 Å². The molecule has 2 atom stereocenters. The monoisotopic (exact) mass is 320 g/mol. The van der Waals surface area contributed by atoms with Crippen molar-refractivity contribution in [2.24, 2.45) is 9.98 Å².